The van der Waals surface area contributed by atoms with E-state index in [4.69, 9.17) is 9.47 Å². The number of anilines is 1. The molecule has 2 rings (SSSR count). The van der Waals surface area contributed by atoms with Crippen LogP contribution in [0, 0.1) is 0 Å². The Labute approximate surface area is 136 Å². The van der Waals surface area contributed by atoms with Gasteiger partial charge < -0.3 is 14.8 Å². The molecule has 0 radical (unpaired) electrons. The van der Waals surface area contributed by atoms with Crippen LogP contribution in [0.4, 0.5) is 5.69 Å². The van der Waals surface area contributed by atoms with Crippen molar-refractivity contribution in [3.63, 3.8) is 0 Å². The highest BCUT2D eigenvalue weighted by atomic mass is 16.5. The molecule has 0 fully saturated rings. The molecule has 0 aliphatic rings. The molecule has 0 aromatic heterocycles. The second kappa shape index (κ2) is 8.03. The number of ether oxygens (including phenoxy) is 2. The zero-order chi connectivity index (χ0) is 16.7. The van der Waals surface area contributed by atoms with Crippen LogP contribution in [-0.4, -0.2) is 20.1 Å². The SMILES string of the molecule is CCc1ccc(NC(=O)/C=C/c2ccc(OC)cc2OC)cc1. The Balaban J connectivity index is 2.05. The van der Waals surface area contributed by atoms with E-state index in [1.54, 1.807) is 26.4 Å². The predicted octanol–water partition coefficient (Wildman–Crippen LogP) is 3.92. The molecule has 0 aliphatic carbocycles. The maximum absolute atomic E-state index is 12.0. The zero-order valence-electron chi connectivity index (χ0n) is 13.6. The van der Waals surface area contributed by atoms with Gasteiger partial charge in [0.25, 0.3) is 0 Å². The molecule has 2 aromatic carbocycles. The molecule has 4 heteroatoms. The topological polar surface area (TPSA) is 47.6 Å². The fraction of sp³-hybridized carbons (Fsp3) is 0.211. The summed E-state index contributed by atoms with van der Waals surface area (Å²) in [6.07, 6.45) is 4.18. The minimum atomic E-state index is -0.188. The molecule has 0 bridgehead atoms. The van der Waals surface area contributed by atoms with Crippen molar-refractivity contribution in [2.24, 2.45) is 0 Å². The minimum absolute atomic E-state index is 0.188. The zero-order valence-corrected chi connectivity index (χ0v) is 13.6. The van der Waals surface area contributed by atoms with E-state index in [-0.39, 0.29) is 5.91 Å². The van der Waals surface area contributed by atoms with Gasteiger partial charge in [-0.1, -0.05) is 19.1 Å². The van der Waals surface area contributed by atoms with E-state index >= 15 is 0 Å². The first-order valence-electron chi connectivity index (χ1n) is 7.46. The van der Waals surface area contributed by atoms with Gasteiger partial charge in [0.1, 0.15) is 11.5 Å². The van der Waals surface area contributed by atoms with Crippen molar-refractivity contribution in [2.75, 3.05) is 19.5 Å². The molecular formula is C19H21NO3. The summed E-state index contributed by atoms with van der Waals surface area (Å²) >= 11 is 0. The van der Waals surface area contributed by atoms with E-state index in [9.17, 15) is 4.79 Å². The van der Waals surface area contributed by atoms with Gasteiger partial charge in [-0.2, -0.15) is 0 Å². The molecule has 0 spiro atoms. The fourth-order valence-corrected chi connectivity index (χ4v) is 2.13. The van der Waals surface area contributed by atoms with Crippen molar-refractivity contribution in [2.45, 2.75) is 13.3 Å². The van der Waals surface area contributed by atoms with Gasteiger partial charge in [0.2, 0.25) is 5.91 Å². The number of rotatable bonds is 6. The van der Waals surface area contributed by atoms with Gasteiger partial charge in [-0.15, -0.1) is 0 Å². The molecule has 0 saturated heterocycles. The second-order valence-electron chi connectivity index (χ2n) is 4.98. The lowest BCUT2D eigenvalue weighted by Gasteiger charge is -2.07. The first-order valence-corrected chi connectivity index (χ1v) is 7.46. The van der Waals surface area contributed by atoms with Crippen LogP contribution in [0.25, 0.3) is 6.08 Å². The first-order chi connectivity index (χ1) is 11.2. The summed E-state index contributed by atoms with van der Waals surface area (Å²) in [5, 5.41) is 2.83. The van der Waals surface area contributed by atoms with Gasteiger partial charge in [-0.3, -0.25) is 4.79 Å². The van der Waals surface area contributed by atoms with Gasteiger partial charge in [-0.05, 0) is 42.3 Å². The molecule has 0 unspecified atom stereocenters. The van der Waals surface area contributed by atoms with Crippen LogP contribution in [0.15, 0.2) is 48.5 Å². The number of nitrogens with one attached hydrogen (secondary N) is 1. The number of carbonyl (C=O) groups is 1. The van der Waals surface area contributed by atoms with Gasteiger partial charge in [0.15, 0.2) is 0 Å². The number of hydrogen-bond donors (Lipinski definition) is 1. The Morgan fingerprint density at radius 3 is 2.43 bits per heavy atom. The van der Waals surface area contributed by atoms with Crippen LogP contribution in [-0.2, 0) is 11.2 Å². The van der Waals surface area contributed by atoms with Crippen molar-refractivity contribution >= 4 is 17.7 Å². The molecule has 4 nitrogen and oxygen atoms in total. The monoisotopic (exact) mass is 311 g/mol. The van der Waals surface area contributed by atoms with Crippen LogP contribution >= 0.6 is 0 Å². The number of amides is 1. The summed E-state index contributed by atoms with van der Waals surface area (Å²) in [5.74, 6) is 1.17. The average Bonchev–Trinajstić information content (AvgIpc) is 2.60. The molecule has 0 saturated carbocycles. The second-order valence-corrected chi connectivity index (χ2v) is 4.98. The van der Waals surface area contributed by atoms with E-state index in [2.05, 4.69) is 12.2 Å². The number of hydrogen-bond acceptors (Lipinski definition) is 3. The average molecular weight is 311 g/mol. The van der Waals surface area contributed by atoms with Crippen molar-refractivity contribution in [3.8, 4) is 11.5 Å². The third-order valence-electron chi connectivity index (χ3n) is 3.48. The van der Waals surface area contributed by atoms with Crippen molar-refractivity contribution in [1.82, 2.24) is 0 Å². The Bertz CT molecular complexity index is 690. The first kappa shape index (κ1) is 16.6. The standard InChI is InChI=1S/C19H21NO3/c1-4-14-5-9-16(10-6-14)20-19(21)12-8-15-7-11-17(22-2)13-18(15)23-3/h5-13H,4H2,1-3H3,(H,20,21)/b12-8+. The Morgan fingerprint density at radius 2 is 1.83 bits per heavy atom. The van der Waals surface area contributed by atoms with E-state index in [1.807, 2.05) is 36.4 Å². The Hall–Kier alpha value is -2.75. The number of carbonyl (C=O) groups excluding carboxylic acids is 1. The molecule has 2 aromatic rings. The molecule has 1 N–H and O–H groups in total. The predicted molar refractivity (Wildman–Crippen MR) is 93.0 cm³/mol. The maximum Gasteiger partial charge on any atom is 0.248 e. The van der Waals surface area contributed by atoms with Crippen LogP contribution in [0.2, 0.25) is 0 Å². The number of methoxy groups -OCH3 is 2. The molecule has 0 atom stereocenters. The highest BCUT2D eigenvalue weighted by Crippen LogP contribution is 2.25. The molecule has 0 heterocycles. The van der Waals surface area contributed by atoms with Gasteiger partial charge in [-0.25, -0.2) is 0 Å². The van der Waals surface area contributed by atoms with Crippen LogP contribution in [0.3, 0.4) is 0 Å². The molecule has 23 heavy (non-hydrogen) atoms. The normalized spacial score (nSPS) is 10.6. The molecular weight excluding hydrogens is 290 g/mol. The van der Waals surface area contributed by atoms with Crippen molar-refractivity contribution in [1.29, 1.82) is 0 Å². The summed E-state index contributed by atoms with van der Waals surface area (Å²) in [7, 11) is 3.18. The summed E-state index contributed by atoms with van der Waals surface area (Å²) in [6.45, 7) is 2.10. The largest absolute Gasteiger partial charge is 0.497 e. The quantitative estimate of drug-likeness (QED) is 0.823. The lowest BCUT2D eigenvalue weighted by molar-refractivity contribution is -0.111. The number of aryl methyl sites for hydroxylation is 1. The molecule has 0 aliphatic heterocycles. The van der Waals surface area contributed by atoms with Crippen molar-refractivity contribution in [3.05, 3.63) is 59.7 Å². The highest BCUT2D eigenvalue weighted by molar-refractivity contribution is 6.02. The maximum atomic E-state index is 12.0. The molecule has 120 valence electrons. The van der Waals surface area contributed by atoms with Crippen LogP contribution < -0.4 is 14.8 Å². The molecule has 1 amide bonds. The summed E-state index contributed by atoms with van der Waals surface area (Å²) in [5.41, 5.74) is 2.82. The van der Waals surface area contributed by atoms with E-state index < -0.39 is 0 Å². The van der Waals surface area contributed by atoms with Crippen molar-refractivity contribution < 1.29 is 14.3 Å². The Morgan fingerprint density at radius 1 is 1.09 bits per heavy atom. The van der Waals surface area contributed by atoms with Gasteiger partial charge >= 0.3 is 0 Å². The summed E-state index contributed by atoms with van der Waals surface area (Å²) < 4.78 is 10.5. The van der Waals surface area contributed by atoms with Gasteiger partial charge in [0, 0.05) is 23.4 Å². The van der Waals surface area contributed by atoms with E-state index in [0.717, 1.165) is 17.7 Å². The third kappa shape index (κ3) is 4.61. The lowest BCUT2D eigenvalue weighted by Crippen LogP contribution is -2.07. The lowest BCUT2D eigenvalue weighted by atomic mass is 10.1. The summed E-state index contributed by atoms with van der Waals surface area (Å²) in [4.78, 5) is 12.0. The number of benzene rings is 2. The van der Waals surface area contributed by atoms with Crippen LogP contribution in [0.5, 0.6) is 11.5 Å². The van der Waals surface area contributed by atoms with Crippen LogP contribution in [0.1, 0.15) is 18.1 Å². The van der Waals surface area contributed by atoms with E-state index in [0.29, 0.717) is 11.5 Å². The third-order valence-corrected chi connectivity index (χ3v) is 3.48. The Kier molecular flexibility index (Phi) is 5.80. The van der Waals surface area contributed by atoms with E-state index in [1.165, 1.54) is 11.6 Å². The minimum Gasteiger partial charge on any atom is -0.497 e. The smallest absolute Gasteiger partial charge is 0.248 e. The highest BCUT2D eigenvalue weighted by Gasteiger charge is 2.03. The summed E-state index contributed by atoms with van der Waals surface area (Å²) in [6, 6.07) is 13.3. The van der Waals surface area contributed by atoms with Gasteiger partial charge in [0.05, 0.1) is 14.2 Å². The fourth-order valence-electron chi connectivity index (χ4n) is 2.13.